The van der Waals surface area contributed by atoms with Crippen LogP contribution in [0.2, 0.25) is 0 Å². The number of rotatable bonds is 3. The SMILES string of the molecule is NC(C1CCCCC1)C1(C(=O)O)CCC1. The summed E-state index contributed by atoms with van der Waals surface area (Å²) in [7, 11) is 0. The molecule has 3 heteroatoms. The van der Waals surface area contributed by atoms with Gasteiger partial charge in [0.05, 0.1) is 5.41 Å². The van der Waals surface area contributed by atoms with Crippen molar-refractivity contribution in [2.75, 3.05) is 0 Å². The van der Waals surface area contributed by atoms with Gasteiger partial charge in [0.2, 0.25) is 0 Å². The molecule has 0 radical (unpaired) electrons. The van der Waals surface area contributed by atoms with E-state index in [-0.39, 0.29) is 6.04 Å². The molecule has 3 N–H and O–H groups in total. The molecule has 15 heavy (non-hydrogen) atoms. The first kappa shape index (κ1) is 10.9. The number of carboxylic acids is 1. The van der Waals surface area contributed by atoms with Gasteiger partial charge in [-0.05, 0) is 31.6 Å². The van der Waals surface area contributed by atoms with Crippen molar-refractivity contribution in [1.29, 1.82) is 0 Å². The maximum Gasteiger partial charge on any atom is 0.311 e. The summed E-state index contributed by atoms with van der Waals surface area (Å²) in [6.45, 7) is 0. The highest BCUT2D eigenvalue weighted by atomic mass is 16.4. The zero-order chi connectivity index (χ0) is 10.9. The molecule has 86 valence electrons. The van der Waals surface area contributed by atoms with E-state index in [0.29, 0.717) is 5.92 Å². The first-order valence-electron chi connectivity index (χ1n) is 6.16. The number of hydrogen-bond acceptors (Lipinski definition) is 2. The molecule has 0 bridgehead atoms. The van der Waals surface area contributed by atoms with Crippen LogP contribution in [-0.2, 0) is 4.79 Å². The molecule has 0 aliphatic heterocycles. The van der Waals surface area contributed by atoms with E-state index < -0.39 is 11.4 Å². The molecule has 2 fully saturated rings. The lowest BCUT2D eigenvalue weighted by Crippen LogP contribution is -2.55. The van der Waals surface area contributed by atoms with Gasteiger partial charge in [0.1, 0.15) is 0 Å². The Bertz CT molecular complexity index is 242. The van der Waals surface area contributed by atoms with Crippen LogP contribution >= 0.6 is 0 Å². The Balaban J connectivity index is 2.04. The zero-order valence-electron chi connectivity index (χ0n) is 9.24. The fourth-order valence-electron chi connectivity index (χ4n) is 3.19. The largest absolute Gasteiger partial charge is 0.481 e. The van der Waals surface area contributed by atoms with Crippen LogP contribution in [0.4, 0.5) is 0 Å². The smallest absolute Gasteiger partial charge is 0.311 e. The number of aliphatic carboxylic acids is 1. The molecule has 1 unspecified atom stereocenters. The van der Waals surface area contributed by atoms with Crippen LogP contribution in [0, 0.1) is 11.3 Å². The number of carboxylic acid groups (broad SMARTS) is 1. The van der Waals surface area contributed by atoms with Gasteiger partial charge in [-0.2, -0.15) is 0 Å². The molecule has 2 aliphatic rings. The predicted molar refractivity (Wildman–Crippen MR) is 58.5 cm³/mol. The fraction of sp³-hybridized carbons (Fsp3) is 0.917. The quantitative estimate of drug-likeness (QED) is 0.751. The van der Waals surface area contributed by atoms with Gasteiger partial charge in [-0.15, -0.1) is 0 Å². The highest BCUT2D eigenvalue weighted by Gasteiger charge is 2.51. The molecule has 1 atom stereocenters. The summed E-state index contributed by atoms with van der Waals surface area (Å²) in [4.78, 5) is 11.3. The lowest BCUT2D eigenvalue weighted by atomic mass is 9.59. The Hall–Kier alpha value is -0.570. The average Bonchev–Trinajstić information content (AvgIpc) is 2.16. The summed E-state index contributed by atoms with van der Waals surface area (Å²) in [6, 6.07) is -0.107. The molecule has 0 aromatic carbocycles. The lowest BCUT2D eigenvalue weighted by Gasteiger charge is -2.46. The third kappa shape index (κ3) is 1.78. The maximum absolute atomic E-state index is 11.3. The van der Waals surface area contributed by atoms with Crippen LogP contribution in [0.1, 0.15) is 51.4 Å². The van der Waals surface area contributed by atoms with Crippen LogP contribution in [0.15, 0.2) is 0 Å². The van der Waals surface area contributed by atoms with Crippen molar-refractivity contribution in [2.45, 2.75) is 57.4 Å². The number of hydrogen-bond donors (Lipinski definition) is 2. The van der Waals surface area contributed by atoms with Gasteiger partial charge in [0.25, 0.3) is 0 Å². The minimum absolute atomic E-state index is 0.107. The second-order valence-electron chi connectivity index (χ2n) is 5.24. The first-order chi connectivity index (χ1) is 7.17. The summed E-state index contributed by atoms with van der Waals surface area (Å²) in [6.07, 6.45) is 8.64. The highest BCUT2D eigenvalue weighted by molar-refractivity contribution is 5.76. The molecule has 2 aliphatic carbocycles. The highest BCUT2D eigenvalue weighted by Crippen LogP contribution is 2.47. The second kappa shape index (κ2) is 4.12. The number of carbonyl (C=O) groups is 1. The normalized spacial score (nSPS) is 28.1. The van der Waals surface area contributed by atoms with E-state index in [2.05, 4.69) is 0 Å². The standard InChI is InChI=1S/C12H21NO2/c13-10(9-5-2-1-3-6-9)12(11(14)15)7-4-8-12/h9-10H,1-8,13H2,(H,14,15). The molecule has 3 nitrogen and oxygen atoms in total. The van der Waals surface area contributed by atoms with Crippen molar-refractivity contribution in [2.24, 2.45) is 17.1 Å². The van der Waals surface area contributed by atoms with E-state index >= 15 is 0 Å². The average molecular weight is 211 g/mol. The van der Waals surface area contributed by atoms with E-state index in [4.69, 9.17) is 5.73 Å². The van der Waals surface area contributed by atoms with Gasteiger partial charge in [-0.3, -0.25) is 4.79 Å². The Labute approximate surface area is 91.0 Å². The van der Waals surface area contributed by atoms with Gasteiger partial charge in [0, 0.05) is 6.04 Å². The Kier molecular flexibility index (Phi) is 3.01. The van der Waals surface area contributed by atoms with Crippen LogP contribution < -0.4 is 5.73 Å². The van der Waals surface area contributed by atoms with Crippen molar-refractivity contribution in [3.05, 3.63) is 0 Å². The van der Waals surface area contributed by atoms with Gasteiger partial charge < -0.3 is 10.8 Å². The van der Waals surface area contributed by atoms with E-state index in [0.717, 1.165) is 32.1 Å². The Morgan fingerprint density at radius 1 is 1.20 bits per heavy atom. The van der Waals surface area contributed by atoms with Gasteiger partial charge in [0.15, 0.2) is 0 Å². The van der Waals surface area contributed by atoms with E-state index in [1.54, 1.807) is 0 Å². The number of nitrogens with two attached hydrogens (primary N) is 1. The van der Waals surface area contributed by atoms with E-state index in [9.17, 15) is 9.90 Å². The van der Waals surface area contributed by atoms with Crippen LogP contribution in [0.25, 0.3) is 0 Å². The van der Waals surface area contributed by atoms with Crippen LogP contribution in [-0.4, -0.2) is 17.1 Å². The van der Waals surface area contributed by atoms with Gasteiger partial charge >= 0.3 is 5.97 Å². The topological polar surface area (TPSA) is 63.3 Å². The summed E-state index contributed by atoms with van der Waals surface area (Å²) in [5.74, 6) is -0.207. The lowest BCUT2D eigenvalue weighted by molar-refractivity contribution is -0.158. The minimum atomic E-state index is -0.660. The van der Waals surface area contributed by atoms with E-state index in [1.807, 2.05) is 0 Å². The second-order valence-corrected chi connectivity index (χ2v) is 5.24. The molecular weight excluding hydrogens is 190 g/mol. The summed E-state index contributed by atoms with van der Waals surface area (Å²) >= 11 is 0. The van der Waals surface area contributed by atoms with Crippen molar-refractivity contribution in [1.82, 2.24) is 0 Å². The minimum Gasteiger partial charge on any atom is -0.481 e. The third-order valence-electron chi connectivity index (χ3n) is 4.47. The van der Waals surface area contributed by atoms with Gasteiger partial charge in [-0.25, -0.2) is 0 Å². The van der Waals surface area contributed by atoms with Crippen LogP contribution in [0.3, 0.4) is 0 Å². The van der Waals surface area contributed by atoms with Crippen molar-refractivity contribution < 1.29 is 9.90 Å². The van der Waals surface area contributed by atoms with E-state index in [1.165, 1.54) is 19.3 Å². The third-order valence-corrected chi connectivity index (χ3v) is 4.47. The Morgan fingerprint density at radius 3 is 2.20 bits per heavy atom. The van der Waals surface area contributed by atoms with Crippen LogP contribution in [0.5, 0.6) is 0 Å². The molecule has 0 saturated heterocycles. The summed E-state index contributed by atoms with van der Waals surface area (Å²) < 4.78 is 0. The molecule has 0 aromatic heterocycles. The monoisotopic (exact) mass is 211 g/mol. The van der Waals surface area contributed by atoms with Crippen molar-refractivity contribution in [3.8, 4) is 0 Å². The van der Waals surface area contributed by atoms with Crippen molar-refractivity contribution in [3.63, 3.8) is 0 Å². The zero-order valence-corrected chi connectivity index (χ0v) is 9.24. The van der Waals surface area contributed by atoms with Gasteiger partial charge in [-0.1, -0.05) is 25.7 Å². The first-order valence-corrected chi connectivity index (χ1v) is 6.16. The fourth-order valence-corrected chi connectivity index (χ4v) is 3.19. The maximum atomic E-state index is 11.3. The summed E-state index contributed by atoms with van der Waals surface area (Å²) in [5.41, 5.74) is 5.64. The molecule has 2 saturated carbocycles. The molecule has 0 aromatic rings. The molecule has 2 rings (SSSR count). The molecular formula is C12H21NO2. The van der Waals surface area contributed by atoms with Crippen molar-refractivity contribution >= 4 is 5.97 Å². The molecule has 0 spiro atoms. The Morgan fingerprint density at radius 2 is 1.80 bits per heavy atom. The summed E-state index contributed by atoms with van der Waals surface area (Å²) in [5, 5.41) is 9.30. The molecule has 0 heterocycles. The molecule has 0 amide bonds. The predicted octanol–water partition coefficient (Wildman–Crippen LogP) is 2.15.